The van der Waals surface area contributed by atoms with E-state index in [1.165, 1.54) is 0 Å². The number of aryl methyl sites for hydroxylation is 1. The normalized spacial score (nSPS) is 15.1. The van der Waals surface area contributed by atoms with Gasteiger partial charge in [0.15, 0.2) is 11.2 Å². The molecule has 1 unspecified atom stereocenters. The minimum Gasteiger partial charge on any atom is -0.479 e. The monoisotopic (exact) mass is 493 g/mol. The highest BCUT2D eigenvalue weighted by atomic mass is 32.1. The number of ether oxygens (including phenoxy) is 1. The third-order valence-corrected chi connectivity index (χ3v) is 7.20. The molecule has 2 aromatic carbocycles. The van der Waals surface area contributed by atoms with Crippen LogP contribution in [0.2, 0.25) is 0 Å². The molecule has 3 N–H and O–H groups in total. The fraction of sp³-hybridized carbons (Fsp3) is 0.280. The molecule has 5 rings (SSSR count). The Hall–Kier alpha value is -3.76. The molecule has 35 heavy (non-hydrogen) atoms. The van der Waals surface area contributed by atoms with Gasteiger partial charge in [0, 0.05) is 5.92 Å². The van der Waals surface area contributed by atoms with Crippen LogP contribution in [0.1, 0.15) is 45.3 Å². The number of thiazole rings is 1. The summed E-state index contributed by atoms with van der Waals surface area (Å²) in [5.74, 6) is -1.90. The van der Waals surface area contributed by atoms with Crippen molar-refractivity contribution in [2.75, 3.05) is 11.9 Å². The molecule has 0 aliphatic heterocycles. The molecule has 2 aliphatic rings. The number of anilines is 1. The number of hydroxylamine groups is 1. The van der Waals surface area contributed by atoms with E-state index in [9.17, 15) is 19.5 Å². The summed E-state index contributed by atoms with van der Waals surface area (Å²) in [7, 11) is 0. The number of carbonyl (C=O) groups excluding carboxylic acids is 2. The molecular weight excluding hydrogens is 470 g/mol. The fourth-order valence-corrected chi connectivity index (χ4v) is 5.13. The lowest BCUT2D eigenvalue weighted by Crippen LogP contribution is -2.35. The number of hydrogen-bond acceptors (Lipinski definition) is 7. The van der Waals surface area contributed by atoms with Crippen molar-refractivity contribution in [3.8, 4) is 11.1 Å². The lowest BCUT2D eigenvalue weighted by Gasteiger charge is -2.14. The fourth-order valence-electron chi connectivity index (χ4n) is 4.29. The first-order valence-electron chi connectivity index (χ1n) is 11.2. The maximum Gasteiger partial charge on any atom is 0.413 e. The molecule has 0 spiro atoms. The van der Waals surface area contributed by atoms with Crippen LogP contribution in [-0.2, 0) is 14.4 Å². The predicted octanol–water partition coefficient (Wildman–Crippen LogP) is 4.34. The summed E-state index contributed by atoms with van der Waals surface area (Å²) in [5.41, 5.74) is 7.06. The molecule has 2 aliphatic carbocycles. The van der Waals surface area contributed by atoms with E-state index in [4.69, 9.17) is 9.57 Å². The smallest absolute Gasteiger partial charge is 0.413 e. The molecule has 0 saturated heterocycles. The van der Waals surface area contributed by atoms with Gasteiger partial charge < -0.3 is 9.84 Å². The van der Waals surface area contributed by atoms with Crippen LogP contribution in [0.5, 0.6) is 0 Å². The lowest BCUT2D eigenvalue weighted by molar-refractivity contribution is -0.155. The minimum atomic E-state index is -1.12. The van der Waals surface area contributed by atoms with E-state index in [-0.39, 0.29) is 28.5 Å². The van der Waals surface area contributed by atoms with Crippen molar-refractivity contribution in [2.45, 2.75) is 31.8 Å². The molecule has 1 heterocycles. The lowest BCUT2D eigenvalue weighted by atomic mass is 9.98. The van der Waals surface area contributed by atoms with Crippen molar-refractivity contribution in [1.29, 1.82) is 0 Å². The highest BCUT2D eigenvalue weighted by Crippen LogP contribution is 2.44. The number of aliphatic carboxylic acids is 1. The van der Waals surface area contributed by atoms with Gasteiger partial charge >= 0.3 is 12.1 Å². The second-order valence-corrected chi connectivity index (χ2v) is 9.53. The van der Waals surface area contributed by atoms with E-state index in [1.54, 1.807) is 6.92 Å². The van der Waals surface area contributed by atoms with E-state index < -0.39 is 24.1 Å². The van der Waals surface area contributed by atoms with E-state index in [1.807, 2.05) is 36.4 Å². The zero-order chi connectivity index (χ0) is 24.5. The Kier molecular flexibility index (Phi) is 6.23. The van der Waals surface area contributed by atoms with Crippen LogP contribution in [-0.4, -0.2) is 40.8 Å². The average Bonchev–Trinajstić information content (AvgIpc) is 3.53. The zero-order valence-electron chi connectivity index (χ0n) is 18.8. The van der Waals surface area contributed by atoms with Crippen LogP contribution in [0.15, 0.2) is 48.5 Å². The van der Waals surface area contributed by atoms with Crippen LogP contribution >= 0.6 is 11.3 Å². The van der Waals surface area contributed by atoms with Gasteiger partial charge in [-0.25, -0.2) is 20.1 Å². The number of aromatic nitrogens is 1. The van der Waals surface area contributed by atoms with Crippen LogP contribution in [0.25, 0.3) is 11.1 Å². The van der Waals surface area contributed by atoms with E-state index in [0.717, 1.165) is 46.4 Å². The quantitative estimate of drug-likeness (QED) is 0.399. The first kappa shape index (κ1) is 23.0. The number of rotatable bonds is 8. The third kappa shape index (κ3) is 4.75. The van der Waals surface area contributed by atoms with Crippen LogP contribution < -0.4 is 10.8 Å². The SMILES string of the molecule is Cc1nc(NC(=O)OCC2c3ccccc3-c3ccccc32)sc1C(=O)NOC(C(=O)O)C1CC1. The Morgan fingerprint density at radius 2 is 1.71 bits per heavy atom. The second kappa shape index (κ2) is 9.47. The van der Waals surface area contributed by atoms with Gasteiger partial charge in [0.25, 0.3) is 5.91 Å². The van der Waals surface area contributed by atoms with Crippen molar-refractivity contribution in [1.82, 2.24) is 10.5 Å². The Bertz CT molecular complexity index is 1260. The van der Waals surface area contributed by atoms with Gasteiger partial charge in [0.2, 0.25) is 0 Å². The number of benzene rings is 2. The molecule has 1 fully saturated rings. The van der Waals surface area contributed by atoms with Crippen molar-refractivity contribution in [3.63, 3.8) is 0 Å². The average molecular weight is 494 g/mol. The van der Waals surface area contributed by atoms with Gasteiger partial charge in [-0.05, 0) is 47.9 Å². The highest BCUT2D eigenvalue weighted by Gasteiger charge is 2.38. The van der Waals surface area contributed by atoms with Gasteiger partial charge in [-0.1, -0.05) is 59.9 Å². The van der Waals surface area contributed by atoms with E-state index >= 15 is 0 Å². The summed E-state index contributed by atoms with van der Waals surface area (Å²) in [6.45, 7) is 1.77. The Morgan fingerprint density at radius 1 is 1.09 bits per heavy atom. The van der Waals surface area contributed by atoms with Gasteiger partial charge in [-0.15, -0.1) is 0 Å². The molecule has 1 atom stereocenters. The summed E-state index contributed by atoms with van der Waals surface area (Å²) in [5, 5.41) is 12.0. The minimum absolute atomic E-state index is 0.0710. The van der Waals surface area contributed by atoms with Gasteiger partial charge in [-0.2, -0.15) is 0 Å². The summed E-state index contributed by atoms with van der Waals surface area (Å²) in [6, 6.07) is 16.1. The van der Waals surface area contributed by atoms with E-state index in [0.29, 0.717) is 5.69 Å². The maximum absolute atomic E-state index is 12.5. The summed E-state index contributed by atoms with van der Waals surface area (Å²) in [6.07, 6.45) is -0.254. The molecule has 180 valence electrons. The van der Waals surface area contributed by atoms with Crippen molar-refractivity contribution in [3.05, 3.63) is 70.2 Å². The number of hydrogen-bond donors (Lipinski definition) is 3. The molecule has 0 bridgehead atoms. The summed E-state index contributed by atoms with van der Waals surface area (Å²) < 4.78 is 5.52. The first-order valence-corrected chi connectivity index (χ1v) is 12.0. The van der Waals surface area contributed by atoms with E-state index in [2.05, 4.69) is 27.9 Å². The molecule has 1 aromatic heterocycles. The molecule has 2 amide bonds. The van der Waals surface area contributed by atoms with Crippen molar-refractivity contribution < 1.29 is 29.1 Å². The highest BCUT2D eigenvalue weighted by molar-refractivity contribution is 7.17. The van der Waals surface area contributed by atoms with Crippen LogP contribution in [0.3, 0.4) is 0 Å². The third-order valence-electron chi connectivity index (χ3n) is 6.13. The number of nitrogens with zero attached hydrogens (tertiary/aromatic N) is 1. The van der Waals surface area contributed by atoms with Gasteiger partial charge in [0.1, 0.15) is 11.5 Å². The Morgan fingerprint density at radius 3 is 2.31 bits per heavy atom. The Balaban J connectivity index is 1.19. The number of carboxylic acid groups (broad SMARTS) is 1. The molecule has 1 saturated carbocycles. The summed E-state index contributed by atoms with van der Waals surface area (Å²) in [4.78, 5) is 45.8. The topological polar surface area (TPSA) is 127 Å². The molecular formula is C25H23N3O6S. The molecule has 9 nitrogen and oxygen atoms in total. The molecule has 10 heteroatoms. The number of carboxylic acids is 1. The van der Waals surface area contributed by atoms with Crippen LogP contribution in [0, 0.1) is 12.8 Å². The standard InChI is InChI=1S/C25H23N3O6S/c1-13-21(22(29)28-34-20(23(30)31)14-10-11-14)35-24(26-13)27-25(32)33-12-19-17-8-4-2-6-15(17)16-7-3-5-9-18(16)19/h2-9,14,19-20H,10-12H2,1H3,(H,28,29)(H,30,31)(H,26,27,32). The van der Waals surface area contributed by atoms with Gasteiger partial charge in [-0.3, -0.25) is 14.9 Å². The largest absolute Gasteiger partial charge is 0.479 e. The number of nitrogens with one attached hydrogen (secondary N) is 2. The molecule has 3 aromatic rings. The van der Waals surface area contributed by atoms with Crippen LogP contribution in [0.4, 0.5) is 9.93 Å². The Labute approximate surface area is 205 Å². The number of fused-ring (bicyclic) bond motifs is 3. The number of amides is 2. The summed E-state index contributed by atoms with van der Waals surface area (Å²) >= 11 is 0.953. The maximum atomic E-state index is 12.5. The van der Waals surface area contributed by atoms with Gasteiger partial charge in [0.05, 0.1) is 5.69 Å². The number of carbonyl (C=O) groups is 3. The van der Waals surface area contributed by atoms with Crippen molar-refractivity contribution in [2.24, 2.45) is 5.92 Å². The molecule has 0 radical (unpaired) electrons. The first-order chi connectivity index (χ1) is 16.9. The zero-order valence-corrected chi connectivity index (χ0v) is 19.6. The second-order valence-electron chi connectivity index (χ2n) is 8.53. The van der Waals surface area contributed by atoms with Crippen molar-refractivity contribution >= 4 is 34.4 Å². The predicted molar refractivity (Wildman–Crippen MR) is 128 cm³/mol.